The lowest BCUT2D eigenvalue weighted by Crippen LogP contribution is -2.42. The van der Waals surface area contributed by atoms with E-state index >= 15 is 0 Å². The van der Waals surface area contributed by atoms with Crippen LogP contribution in [0.1, 0.15) is 40.0 Å². The molecule has 0 saturated carbocycles. The summed E-state index contributed by atoms with van der Waals surface area (Å²) in [6, 6.07) is -0.144. The summed E-state index contributed by atoms with van der Waals surface area (Å²) in [5.74, 6) is 1.07. The number of hydrogen-bond donors (Lipinski definition) is 1. The zero-order valence-electron chi connectivity index (χ0n) is 12.8. The smallest absolute Gasteiger partial charge is 0.223 e. The monoisotopic (exact) mass is 304 g/mol. The van der Waals surface area contributed by atoms with Crippen molar-refractivity contribution in [2.75, 3.05) is 24.6 Å². The van der Waals surface area contributed by atoms with Gasteiger partial charge in [-0.25, -0.2) is 8.42 Å². The van der Waals surface area contributed by atoms with Crippen LogP contribution >= 0.6 is 0 Å². The normalized spacial score (nSPS) is 22.9. The van der Waals surface area contributed by atoms with Gasteiger partial charge in [-0.15, -0.1) is 0 Å². The van der Waals surface area contributed by atoms with Gasteiger partial charge in [0.2, 0.25) is 5.91 Å². The van der Waals surface area contributed by atoms with E-state index in [1.54, 1.807) is 4.90 Å². The first-order chi connectivity index (χ1) is 9.29. The Morgan fingerprint density at radius 3 is 2.45 bits per heavy atom. The van der Waals surface area contributed by atoms with Crippen LogP contribution in [0.5, 0.6) is 0 Å². The van der Waals surface area contributed by atoms with Gasteiger partial charge in [-0.3, -0.25) is 4.79 Å². The van der Waals surface area contributed by atoms with Crippen LogP contribution in [0.15, 0.2) is 0 Å². The molecule has 1 amide bonds. The molecule has 20 heavy (non-hydrogen) atoms. The van der Waals surface area contributed by atoms with Crippen LogP contribution in [0, 0.1) is 11.8 Å². The summed E-state index contributed by atoms with van der Waals surface area (Å²) in [5, 5.41) is 0. The number of nitrogens with two attached hydrogens (primary N) is 1. The standard InChI is InChI=1S/C14H28N2O3S/c1-4-16(13-5-6-20(18,19)10-13)14(17)8-12(9-15)7-11(2)3/h11-13H,4-10,15H2,1-3H3/t12-,13?/m0/s1. The maximum absolute atomic E-state index is 12.4. The average Bonchev–Trinajstić information content (AvgIpc) is 2.69. The molecule has 0 radical (unpaired) electrons. The molecule has 1 heterocycles. The molecule has 5 nitrogen and oxygen atoms in total. The molecule has 1 fully saturated rings. The predicted molar refractivity (Wildman–Crippen MR) is 81.1 cm³/mol. The van der Waals surface area contributed by atoms with Crippen LogP contribution in [-0.2, 0) is 14.6 Å². The first kappa shape index (κ1) is 17.4. The number of rotatable bonds is 7. The van der Waals surface area contributed by atoms with E-state index in [0.29, 0.717) is 31.8 Å². The van der Waals surface area contributed by atoms with E-state index < -0.39 is 9.84 Å². The van der Waals surface area contributed by atoms with Crippen LogP contribution in [0.3, 0.4) is 0 Å². The third kappa shape index (κ3) is 5.05. The van der Waals surface area contributed by atoms with Gasteiger partial charge >= 0.3 is 0 Å². The van der Waals surface area contributed by atoms with Crippen LogP contribution in [0.25, 0.3) is 0 Å². The van der Waals surface area contributed by atoms with Crippen LogP contribution in [0.4, 0.5) is 0 Å². The summed E-state index contributed by atoms with van der Waals surface area (Å²) >= 11 is 0. The topological polar surface area (TPSA) is 80.5 Å². The van der Waals surface area contributed by atoms with Crippen LogP contribution in [0.2, 0.25) is 0 Å². The lowest BCUT2D eigenvalue weighted by Gasteiger charge is -2.29. The maximum Gasteiger partial charge on any atom is 0.223 e. The summed E-state index contributed by atoms with van der Waals surface area (Å²) in [6.45, 7) is 7.22. The number of carbonyl (C=O) groups is 1. The molecular formula is C14H28N2O3S. The van der Waals surface area contributed by atoms with E-state index in [2.05, 4.69) is 13.8 Å². The van der Waals surface area contributed by atoms with Crippen molar-refractivity contribution in [1.82, 2.24) is 4.90 Å². The fraction of sp³-hybridized carbons (Fsp3) is 0.929. The van der Waals surface area contributed by atoms with Crippen molar-refractivity contribution >= 4 is 15.7 Å². The van der Waals surface area contributed by atoms with Gasteiger partial charge in [0.1, 0.15) is 0 Å². The molecular weight excluding hydrogens is 276 g/mol. The molecule has 1 saturated heterocycles. The molecule has 1 aliphatic rings. The molecule has 118 valence electrons. The van der Waals surface area contributed by atoms with Gasteiger partial charge in [-0.2, -0.15) is 0 Å². The summed E-state index contributed by atoms with van der Waals surface area (Å²) in [5.41, 5.74) is 5.74. The highest BCUT2D eigenvalue weighted by Crippen LogP contribution is 2.21. The quantitative estimate of drug-likeness (QED) is 0.762. The van der Waals surface area contributed by atoms with Gasteiger partial charge in [0.05, 0.1) is 11.5 Å². The fourth-order valence-corrected chi connectivity index (χ4v) is 4.68. The first-order valence-electron chi connectivity index (χ1n) is 7.49. The van der Waals surface area contributed by atoms with Crippen LogP contribution in [-0.4, -0.2) is 49.9 Å². The van der Waals surface area contributed by atoms with E-state index in [-0.39, 0.29) is 29.4 Å². The Hall–Kier alpha value is -0.620. The Bertz CT molecular complexity index is 420. The molecule has 0 aliphatic carbocycles. The maximum atomic E-state index is 12.4. The third-order valence-electron chi connectivity index (χ3n) is 3.91. The Morgan fingerprint density at radius 1 is 1.40 bits per heavy atom. The van der Waals surface area contributed by atoms with Gasteiger partial charge in [0.25, 0.3) is 0 Å². The van der Waals surface area contributed by atoms with Gasteiger partial charge in [0, 0.05) is 19.0 Å². The zero-order valence-corrected chi connectivity index (χ0v) is 13.7. The van der Waals surface area contributed by atoms with Crippen molar-refractivity contribution in [2.45, 2.75) is 46.1 Å². The summed E-state index contributed by atoms with van der Waals surface area (Å²) in [4.78, 5) is 14.1. The van der Waals surface area contributed by atoms with Crippen molar-refractivity contribution in [3.63, 3.8) is 0 Å². The molecule has 6 heteroatoms. The number of hydrogen-bond acceptors (Lipinski definition) is 4. The highest BCUT2D eigenvalue weighted by Gasteiger charge is 2.34. The second kappa shape index (κ2) is 7.41. The van der Waals surface area contributed by atoms with Gasteiger partial charge in [-0.05, 0) is 38.1 Å². The lowest BCUT2D eigenvalue weighted by molar-refractivity contribution is -0.133. The second-order valence-corrected chi connectivity index (χ2v) is 8.40. The Kier molecular flexibility index (Phi) is 6.45. The minimum Gasteiger partial charge on any atom is -0.339 e. The molecule has 1 rings (SSSR count). The molecule has 2 atom stereocenters. The summed E-state index contributed by atoms with van der Waals surface area (Å²) < 4.78 is 23.1. The number of amides is 1. The summed E-state index contributed by atoms with van der Waals surface area (Å²) in [7, 11) is -2.96. The lowest BCUT2D eigenvalue weighted by atomic mass is 9.93. The van der Waals surface area contributed by atoms with Crippen molar-refractivity contribution in [3.8, 4) is 0 Å². The first-order valence-corrected chi connectivity index (χ1v) is 9.31. The third-order valence-corrected chi connectivity index (χ3v) is 5.66. The molecule has 1 aliphatic heterocycles. The van der Waals surface area contributed by atoms with Crippen molar-refractivity contribution in [1.29, 1.82) is 0 Å². The van der Waals surface area contributed by atoms with E-state index in [0.717, 1.165) is 6.42 Å². The van der Waals surface area contributed by atoms with Crippen LogP contribution < -0.4 is 5.73 Å². The predicted octanol–water partition coefficient (Wildman–Crippen LogP) is 1.03. The molecule has 0 bridgehead atoms. The number of carbonyl (C=O) groups excluding carboxylic acids is 1. The molecule has 0 aromatic heterocycles. The minimum atomic E-state index is -2.96. The largest absolute Gasteiger partial charge is 0.339 e. The highest BCUT2D eigenvalue weighted by atomic mass is 32.2. The number of nitrogens with zero attached hydrogens (tertiary/aromatic N) is 1. The molecule has 0 spiro atoms. The Morgan fingerprint density at radius 2 is 2.05 bits per heavy atom. The zero-order chi connectivity index (χ0) is 15.3. The highest BCUT2D eigenvalue weighted by molar-refractivity contribution is 7.91. The fourth-order valence-electron chi connectivity index (χ4n) is 2.95. The Labute approximate surface area is 122 Å². The molecule has 0 aromatic carbocycles. The van der Waals surface area contributed by atoms with E-state index in [4.69, 9.17) is 5.73 Å². The van der Waals surface area contributed by atoms with Gasteiger partial charge in [-0.1, -0.05) is 13.8 Å². The van der Waals surface area contributed by atoms with E-state index in [1.807, 2.05) is 6.92 Å². The average molecular weight is 304 g/mol. The van der Waals surface area contributed by atoms with E-state index in [1.165, 1.54) is 0 Å². The SMILES string of the molecule is CCN(C(=O)C[C@@H](CN)CC(C)C)C1CCS(=O)(=O)C1. The van der Waals surface area contributed by atoms with Crippen molar-refractivity contribution in [3.05, 3.63) is 0 Å². The Balaban J connectivity index is 2.63. The molecule has 0 aromatic rings. The molecule has 2 N–H and O–H groups in total. The van der Waals surface area contributed by atoms with Gasteiger partial charge in [0.15, 0.2) is 9.84 Å². The van der Waals surface area contributed by atoms with Gasteiger partial charge < -0.3 is 10.6 Å². The molecule has 1 unspecified atom stereocenters. The van der Waals surface area contributed by atoms with Crippen molar-refractivity contribution < 1.29 is 13.2 Å². The minimum absolute atomic E-state index is 0.0469. The number of sulfone groups is 1. The van der Waals surface area contributed by atoms with Crippen molar-refractivity contribution in [2.24, 2.45) is 17.6 Å². The summed E-state index contributed by atoms with van der Waals surface area (Å²) in [6.07, 6.45) is 1.93. The van der Waals surface area contributed by atoms with E-state index in [9.17, 15) is 13.2 Å². The second-order valence-electron chi connectivity index (χ2n) is 6.17.